The van der Waals surface area contributed by atoms with Gasteiger partial charge in [-0.2, -0.15) is 0 Å². The number of pyridine rings is 1. The molecule has 0 radical (unpaired) electrons. The molecule has 0 unspecified atom stereocenters. The van der Waals surface area contributed by atoms with Crippen molar-refractivity contribution >= 4 is 17.4 Å². The number of benzene rings is 1. The number of carbonyl (C=O) groups excluding carboxylic acids is 1. The highest BCUT2D eigenvalue weighted by molar-refractivity contribution is 6.05. The third-order valence-corrected chi connectivity index (χ3v) is 5.75. The number of amides is 1. The summed E-state index contributed by atoms with van der Waals surface area (Å²) in [7, 11) is 0. The quantitative estimate of drug-likeness (QED) is 0.499. The fourth-order valence-corrected chi connectivity index (χ4v) is 4.24. The Morgan fingerprint density at radius 3 is 2.73 bits per heavy atom. The first-order valence-corrected chi connectivity index (χ1v) is 10.9. The van der Waals surface area contributed by atoms with Gasteiger partial charge in [-0.1, -0.05) is 25.1 Å². The van der Waals surface area contributed by atoms with Crippen LogP contribution in [0, 0.1) is 0 Å². The Morgan fingerprint density at radius 1 is 1.15 bits per heavy atom. The molecular formula is C24H24N8O. The van der Waals surface area contributed by atoms with Gasteiger partial charge in [0, 0.05) is 23.4 Å². The zero-order valence-corrected chi connectivity index (χ0v) is 18.7. The Bertz CT molecular complexity index is 1300. The number of fused-ring (bicyclic) bond motifs is 3. The van der Waals surface area contributed by atoms with Crippen molar-refractivity contribution < 1.29 is 4.79 Å². The maximum atomic E-state index is 12.8. The first-order chi connectivity index (χ1) is 16.1. The van der Waals surface area contributed by atoms with Gasteiger partial charge < -0.3 is 10.2 Å². The average molecular weight is 441 g/mol. The second kappa shape index (κ2) is 8.42. The lowest BCUT2D eigenvalue weighted by Crippen LogP contribution is -2.40. The molecule has 0 fully saturated rings. The van der Waals surface area contributed by atoms with E-state index < -0.39 is 0 Å². The van der Waals surface area contributed by atoms with E-state index >= 15 is 0 Å². The van der Waals surface area contributed by atoms with Crippen molar-refractivity contribution in [2.75, 3.05) is 10.2 Å². The zero-order chi connectivity index (χ0) is 22.9. The Labute approximate surface area is 191 Å². The summed E-state index contributed by atoms with van der Waals surface area (Å²) in [5.74, 6) is 1.99. The van der Waals surface area contributed by atoms with Crippen molar-refractivity contribution in [3.63, 3.8) is 0 Å². The highest BCUT2D eigenvalue weighted by Gasteiger charge is 2.35. The van der Waals surface area contributed by atoms with E-state index in [1.165, 1.54) is 0 Å². The fraction of sp³-hybridized carbons (Fsp3) is 0.250. The standard InChI is InChI=1S/C24H24N8O/c1-4-19-23-30-27-14-31(23)20-13-26-21(29-22(20)32(19)15(2)3)17-10-11-25-12-18(17)28-24(33)16-8-6-5-7-9-16/h5-15,19H,4H2,1-3H3,(H,28,33)/t19-/m1/s1. The normalized spacial score (nSPS) is 14.7. The van der Waals surface area contributed by atoms with Crippen molar-refractivity contribution in [2.45, 2.75) is 39.3 Å². The summed E-state index contributed by atoms with van der Waals surface area (Å²) in [6.07, 6.45) is 7.64. The van der Waals surface area contributed by atoms with Crippen LogP contribution in [0.25, 0.3) is 17.1 Å². The summed E-state index contributed by atoms with van der Waals surface area (Å²) < 4.78 is 1.96. The van der Waals surface area contributed by atoms with Gasteiger partial charge in [-0.25, -0.2) is 9.97 Å². The number of aromatic nitrogens is 6. The molecule has 9 nitrogen and oxygen atoms in total. The third kappa shape index (κ3) is 3.61. The van der Waals surface area contributed by atoms with E-state index in [0.29, 0.717) is 22.6 Å². The lowest BCUT2D eigenvalue weighted by Gasteiger charge is -2.39. The molecule has 0 bridgehead atoms. The lowest BCUT2D eigenvalue weighted by molar-refractivity contribution is 0.102. The maximum Gasteiger partial charge on any atom is 0.255 e. The average Bonchev–Trinajstić information content (AvgIpc) is 3.33. The molecule has 166 valence electrons. The van der Waals surface area contributed by atoms with Gasteiger partial charge >= 0.3 is 0 Å². The van der Waals surface area contributed by atoms with Gasteiger partial charge in [-0.3, -0.25) is 14.3 Å². The summed E-state index contributed by atoms with van der Waals surface area (Å²) in [5.41, 5.74) is 2.65. The smallest absolute Gasteiger partial charge is 0.255 e. The van der Waals surface area contributed by atoms with Crippen molar-refractivity contribution in [2.24, 2.45) is 0 Å². The molecular weight excluding hydrogens is 416 g/mol. The van der Waals surface area contributed by atoms with E-state index in [4.69, 9.17) is 4.98 Å². The maximum absolute atomic E-state index is 12.8. The minimum Gasteiger partial charge on any atom is -0.342 e. The summed E-state index contributed by atoms with van der Waals surface area (Å²) in [5, 5.41) is 11.4. The fourth-order valence-electron chi connectivity index (χ4n) is 4.24. The van der Waals surface area contributed by atoms with Crippen molar-refractivity contribution in [1.82, 2.24) is 29.7 Å². The van der Waals surface area contributed by atoms with E-state index in [9.17, 15) is 4.79 Å². The molecule has 1 N–H and O–H groups in total. The molecule has 3 aromatic heterocycles. The van der Waals surface area contributed by atoms with E-state index in [1.807, 2.05) is 28.8 Å². The SMILES string of the molecule is CC[C@@H]1c2nncn2-c2cnc(-c3ccncc3NC(=O)c3ccccc3)nc2N1C(C)C. The summed E-state index contributed by atoms with van der Waals surface area (Å²) in [6, 6.07) is 11.1. The first kappa shape index (κ1) is 20.7. The molecule has 9 heteroatoms. The van der Waals surface area contributed by atoms with Gasteiger partial charge in [-0.05, 0) is 38.5 Å². The number of nitrogens with one attached hydrogen (secondary N) is 1. The van der Waals surface area contributed by atoms with Crippen LogP contribution >= 0.6 is 0 Å². The molecule has 33 heavy (non-hydrogen) atoms. The van der Waals surface area contributed by atoms with Crippen molar-refractivity contribution in [3.8, 4) is 17.1 Å². The monoisotopic (exact) mass is 440 g/mol. The molecule has 1 aromatic carbocycles. The van der Waals surface area contributed by atoms with Crippen molar-refractivity contribution in [1.29, 1.82) is 0 Å². The number of carbonyl (C=O) groups is 1. The highest BCUT2D eigenvalue weighted by Crippen LogP contribution is 2.40. The van der Waals surface area contributed by atoms with E-state index in [1.54, 1.807) is 37.1 Å². The van der Waals surface area contributed by atoms with Crippen LogP contribution in [0.2, 0.25) is 0 Å². The van der Waals surface area contributed by atoms with Crippen LogP contribution in [0.1, 0.15) is 49.4 Å². The van der Waals surface area contributed by atoms with Crippen molar-refractivity contribution in [3.05, 3.63) is 72.7 Å². The molecule has 1 amide bonds. The van der Waals surface area contributed by atoms with Crippen LogP contribution in [-0.4, -0.2) is 41.7 Å². The van der Waals surface area contributed by atoms with Gasteiger partial charge in [0.25, 0.3) is 5.91 Å². The van der Waals surface area contributed by atoms with Crippen LogP contribution in [0.5, 0.6) is 0 Å². The van der Waals surface area contributed by atoms with Gasteiger partial charge in [0.2, 0.25) is 0 Å². The van der Waals surface area contributed by atoms with Gasteiger partial charge in [0.15, 0.2) is 17.5 Å². The number of nitrogens with zero attached hydrogens (tertiary/aromatic N) is 7. The minimum absolute atomic E-state index is 0.0532. The topological polar surface area (TPSA) is 102 Å². The van der Waals surface area contributed by atoms with E-state index in [-0.39, 0.29) is 18.0 Å². The number of anilines is 2. The second-order valence-corrected chi connectivity index (χ2v) is 8.13. The largest absolute Gasteiger partial charge is 0.342 e. The number of hydrogen-bond donors (Lipinski definition) is 1. The molecule has 0 saturated heterocycles. The first-order valence-electron chi connectivity index (χ1n) is 10.9. The molecule has 0 saturated carbocycles. The van der Waals surface area contributed by atoms with Crippen LogP contribution in [0.15, 0.2) is 61.3 Å². The third-order valence-electron chi connectivity index (χ3n) is 5.75. The number of rotatable bonds is 5. The van der Waals surface area contributed by atoms with Crippen LogP contribution in [-0.2, 0) is 0 Å². The number of hydrogen-bond acceptors (Lipinski definition) is 7. The zero-order valence-electron chi connectivity index (χ0n) is 18.7. The molecule has 1 aliphatic heterocycles. The molecule has 0 aliphatic carbocycles. The summed E-state index contributed by atoms with van der Waals surface area (Å²) in [4.78, 5) is 28.8. The van der Waals surface area contributed by atoms with Gasteiger partial charge in [0.1, 0.15) is 12.0 Å². The van der Waals surface area contributed by atoms with Gasteiger partial charge in [-0.15, -0.1) is 10.2 Å². The molecule has 4 aromatic rings. The second-order valence-electron chi connectivity index (χ2n) is 8.13. The molecule has 0 spiro atoms. The predicted molar refractivity (Wildman–Crippen MR) is 125 cm³/mol. The Hall–Kier alpha value is -4.14. The van der Waals surface area contributed by atoms with Crippen LogP contribution in [0.4, 0.5) is 11.5 Å². The lowest BCUT2D eigenvalue weighted by atomic mass is 10.1. The molecule has 1 aliphatic rings. The van der Waals surface area contributed by atoms with E-state index in [0.717, 1.165) is 23.8 Å². The summed E-state index contributed by atoms with van der Waals surface area (Å²) in [6.45, 7) is 6.41. The Kier molecular flexibility index (Phi) is 5.29. The van der Waals surface area contributed by atoms with E-state index in [2.05, 4.69) is 51.2 Å². The molecule has 5 rings (SSSR count). The minimum atomic E-state index is -0.216. The van der Waals surface area contributed by atoms with Gasteiger partial charge in [0.05, 0.1) is 24.1 Å². The van der Waals surface area contributed by atoms with Crippen LogP contribution < -0.4 is 10.2 Å². The Morgan fingerprint density at radius 2 is 1.97 bits per heavy atom. The predicted octanol–water partition coefficient (Wildman–Crippen LogP) is 4.05. The summed E-state index contributed by atoms with van der Waals surface area (Å²) >= 11 is 0. The Balaban J connectivity index is 1.58. The van der Waals surface area contributed by atoms with Crippen LogP contribution in [0.3, 0.4) is 0 Å². The molecule has 1 atom stereocenters. The highest BCUT2D eigenvalue weighted by atomic mass is 16.1. The molecule has 4 heterocycles.